The van der Waals surface area contributed by atoms with Gasteiger partial charge in [-0.15, -0.1) is 28.3 Å². The van der Waals surface area contributed by atoms with E-state index in [4.69, 9.17) is 5.41 Å². The number of aryl methyl sites for hydroxylation is 1. The predicted molar refractivity (Wildman–Crippen MR) is 107 cm³/mol. The summed E-state index contributed by atoms with van der Waals surface area (Å²) >= 11 is 4.82. The van der Waals surface area contributed by atoms with Gasteiger partial charge in [-0.3, -0.25) is 10.2 Å². The molecular weight excluding hydrogens is 454 g/mol. The van der Waals surface area contributed by atoms with Crippen molar-refractivity contribution in [3.63, 3.8) is 0 Å². The van der Waals surface area contributed by atoms with E-state index in [0.717, 1.165) is 34.2 Å². The number of aromatic nitrogens is 2. The number of benzene rings is 1. The molecule has 24 heavy (non-hydrogen) atoms. The van der Waals surface area contributed by atoms with Gasteiger partial charge in [-0.25, -0.2) is 0 Å². The van der Waals surface area contributed by atoms with E-state index < -0.39 is 0 Å². The largest absolute Gasteiger partial charge is 0.310 e. The van der Waals surface area contributed by atoms with Gasteiger partial charge < -0.3 is 9.13 Å². The predicted octanol–water partition coefficient (Wildman–Crippen LogP) is 5.01. The lowest BCUT2D eigenvalue weighted by molar-refractivity contribution is 0.0975. The Balaban J connectivity index is 0.00000208. The Morgan fingerprint density at radius 3 is 2.42 bits per heavy atom. The monoisotopic (exact) mass is 471 g/mol. The van der Waals surface area contributed by atoms with E-state index in [1.54, 1.807) is 4.57 Å². The molecular formula is C17H19Br2N3OS. The first-order valence-electron chi connectivity index (χ1n) is 7.63. The molecule has 7 heteroatoms. The molecule has 2 heterocycles. The maximum absolute atomic E-state index is 12.5. The zero-order valence-electron chi connectivity index (χ0n) is 13.3. The van der Waals surface area contributed by atoms with Crippen LogP contribution in [0.1, 0.15) is 29.4 Å². The van der Waals surface area contributed by atoms with E-state index in [1.165, 1.54) is 11.3 Å². The number of carbonyl (C=O) groups excluding carboxylic acids is 1. The smallest absolute Gasteiger partial charge is 0.203 e. The van der Waals surface area contributed by atoms with Gasteiger partial charge in [-0.05, 0) is 46.6 Å². The van der Waals surface area contributed by atoms with Crippen molar-refractivity contribution in [3.05, 3.63) is 50.7 Å². The van der Waals surface area contributed by atoms with Crippen molar-refractivity contribution in [2.45, 2.75) is 32.9 Å². The molecule has 0 aliphatic carbocycles. The summed E-state index contributed by atoms with van der Waals surface area (Å²) in [5, 5.41) is 8.48. The third kappa shape index (κ3) is 3.73. The normalized spacial score (nSPS) is 10.8. The van der Waals surface area contributed by atoms with Crippen molar-refractivity contribution in [1.29, 1.82) is 5.41 Å². The number of imidazole rings is 1. The van der Waals surface area contributed by atoms with Gasteiger partial charge in [0.25, 0.3) is 0 Å². The van der Waals surface area contributed by atoms with Crippen LogP contribution in [0.2, 0.25) is 0 Å². The van der Waals surface area contributed by atoms with E-state index in [2.05, 4.69) is 22.9 Å². The molecule has 0 fully saturated rings. The standard InChI is InChI=1S/C17H18BrN3OS.BrH/c1-2-3-10-20-12-6-4-5-7-13(12)21(17(20)19)11-14(22)15-8-9-16(18)23-15;/h4-9,19H,2-3,10-11H2,1H3;1H. The molecule has 0 spiro atoms. The number of carbonyl (C=O) groups is 1. The molecule has 128 valence electrons. The first kappa shape index (κ1) is 19.1. The fourth-order valence-electron chi connectivity index (χ4n) is 2.68. The molecule has 3 rings (SSSR count). The number of unbranched alkanes of at least 4 members (excludes halogenated alkanes) is 1. The molecule has 0 aliphatic heterocycles. The van der Waals surface area contributed by atoms with Crippen LogP contribution in [-0.4, -0.2) is 14.9 Å². The number of nitrogens with zero attached hydrogens (tertiary/aromatic N) is 2. The van der Waals surface area contributed by atoms with E-state index in [1.807, 2.05) is 41.0 Å². The molecule has 0 saturated carbocycles. The lowest BCUT2D eigenvalue weighted by Gasteiger charge is -2.03. The zero-order chi connectivity index (χ0) is 16.4. The Morgan fingerprint density at radius 1 is 1.17 bits per heavy atom. The molecule has 1 N–H and O–H groups in total. The highest BCUT2D eigenvalue weighted by atomic mass is 79.9. The Labute approximate surface area is 163 Å². The Kier molecular flexibility index (Phi) is 6.60. The molecule has 0 radical (unpaired) electrons. The second-order valence-electron chi connectivity index (χ2n) is 5.43. The quantitative estimate of drug-likeness (QED) is 0.503. The van der Waals surface area contributed by atoms with Crippen LogP contribution in [0, 0.1) is 5.41 Å². The van der Waals surface area contributed by atoms with Gasteiger partial charge >= 0.3 is 0 Å². The van der Waals surface area contributed by atoms with Gasteiger partial charge in [0.05, 0.1) is 26.2 Å². The number of hydrogen-bond acceptors (Lipinski definition) is 3. The van der Waals surface area contributed by atoms with Crippen LogP contribution >= 0.6 is 44.2 Å². The second-order valence-corrected chi connectivity index (χ2v) is 7.89. The van der Waals surface area contributed by atoms with E-state index >= 15 is 0 Å². The van der Waals surface area contributed by atoms with Gasteiger partial charge in [0.2, 0.25) is 5.62 Å². The van der Waals surface area contributed by atoms with E-state index in [-0.39, 0.29) is 29.3 Å². The molecule has 0 amide bonds. The van der Waals surface area contributed by atoms with Gasteiger partial charge in [-0.2, -0.15) is 0 Å². The number of rotatable bonds is 6. The third-order valence-electron chi connectivity index (χ3n) is 3.86. The SMILES string of the molecule is Br.CCCCn1c(=N)n(CC(=O)c2ccc(Br)s2)c2ccccc21. The van der Waals surface area contributed by atoms with Crippen molar-refractivity contribution in [3.8, 4) is 0 Å². The van der Waals surface area contributed by atoms with Crippen molar-refractivity contribution >= 4 is 61.1 Å². The van der Waals surface area contributed by atoms with Crippen molar-refractivity contribution < 1.29 is 4.79 Å². The summed E-state index contributed by atoms with van der Waals surface area (Å²) in [5.74, 6) is 0.0394. The lowest BCUT2D eigenvalue weighted by Crippen LogP contribution is -2.27. The molecule has 4 nitrogen and oxygen atoms in total. The lowest BCUT2D eigenvalue weighted by atomic mass is 10.3. The maximum Gasteiger partial charge on any atom is 0.203 e. The Morgan fingerprint density at radius 2 is 1.83 bits per heavy atom. The van der Waals surface area contributed by atoms with E-state index in [0.29, 0.717) is 10.5 Å². The molecule has 0 unspecified atom stereocenters. The fraction of sp³-hybridized carbons (Fsp3) is 0.294. The maximum atomic E-state index is 12.5. The van der Waals surface area contributed by atoms with Gasteiger partial charge in [0.15, 0.2) is 5.78 Å². The van der Waals surface area contributed by atoms with Gasteiger partial charge in [0, 0.05) is 6.54 Å². The number of ketones is 1. The highest BCUT2D eigenvalue weighted by Gasteiger charge is 2.15. The van der Waals surface area contributed by atoms with Gasteiger partial charge in [-0.1, -0.05) is 25.5 Å². The number of halogens is 2. The van der Waals surface area contributed by atoms with Crippen LogP contribution in [0.3, 0.4) is 0 Å². The Hall–Kier alpha value is -1.18. The van der Waals surface area contributed by atoms with Crippen LogP contribution < -0.4 is 5.62 Å². The summed E-state index contributed by atoms with van der Waals surface area (Å²) in [7, 11) is 0. The first-order valence-corrected chi connectivity index (χ1v) is 9.24. The summed E-state index contributed by atoms with van der Waals surface area (Å²) in [6, 6.07) is 11.6. The zero-order valence-corrected chi connectivity index (χ0v) is 17.4. The molecule has 0 saturated heterocycles. The van der Waals surface area contributed by atoms with Crippen LogP contribution in [0.5, 0.6) is 0 Å². The molecule has 2 aromatic heterocycles. The summed E-state index contributed by atoms with van der Waals surface area (Å²) in [5.41, 5.74) is 2.35. The summed E-state index contributed by atoms with van der Waals surface area (Å²) in [4.78, 5) is 13.2. The fourth-order valence-corrected chi connectivity index (χ4v) is 4.00. The number of fused-ring (bicyclic) bond motifs is 1. The van der Waals surface area contributed by atoms with E-state index in [9.17, 15) is 4.79 Å². The third-order valence-corrected chi connectivity index (χ3v) is 5.52. The number of para-hydroxylation sites is 2. The number of thiophene rings is 1. The average molecular weight is 473 g/mol. The molecule has 3 aromatic rings. The van der Waals surface area contributed by atoms with Crippen molar-refractivity contribution in [2.24, 2.45) is 0 Å². The van der Waals surface area contributed by atoms with Crippen molar-refractivity contribution in [1.82, 2.24) is 9.13 Å². The van der Waals surface area contributed by atoms with Crippen molar-refractivity contribution in [2.75, 3.05) is 0 Å². The number of nitrogens with one attached hydrogen (secondary N) is 1. The van der Waals surface area contributed by atoms with Crippen LogP contribution in [0.15, 0.2) is 40.2 Å². The first-order chi connectivity index (χ1) is 11.1. The second kappa shape index (κ2) is 8.27. The number of hydrogen-bond donors (Lipinski definition) is 1. The molecule has 0 aliphatic rings. The van der Waals surface area contributed by atoms with Crippen LogP contribution in [0.25, 0.3) is 11.0 Å². The molecule has 1 aromatic carbocycles. The number of Topliss-reactive ketones (excluding diaryl/α,β-unsaturated/α-hetero) is 1. The Bertz CT molecular complexity index is 910. The highest BCUT2D eigenvalue weighted by Crippen LogP contribution is 2.23. The van der Waals surface area contributed by atoms with Crippen LogP contribution in [0.4, 0.5) is 0 Å². The highest BCUT2D eigenvalue weighted by molar-refractivity contribution is 9.11. The minimum atomic E-state index is 0. The average Bonchev–Trinajstić information content (AvgIpc) is 3.09. The molecule has 0 bridgehead atoms. The summed E-state index contributed by atoms with van der Waals surface area (Å²) < 4.78 is 4.75. The summed E-state index contributed by atoms with van der Waals surface area (Å²) in [6.07, 6.45) is 2.10. The topological polar surface area (TPSA) is 50.8 Å². The van der Waals surface area contributed by atoms with Crippen LogP contribution in [-0.2, 0) is 13.1 Å². The molecule has 0 atom stereocenters. The van der Waals surface area contributed by atoms with Gasteiger partial charge in [0.1, 0.15) is 0 Å². The minimum absolute atomic E-state index is 0. The summed E-state index contributed by atoms with van der Waals surface area (Å²) in [6.45, 7) is 3.15. The minimum Gasteiger partial charge on any atom is -0.310 e.